The monoisotopic (exact) mass is 369 g/mol. The number of fused-ring (bicyclic) bond motifs is 3. The molecule has 3 aromatic rings. The molecule has 1 aromatic carbocycles. The third-order valence-electron chi connectivity index (χ3n) is 4.98. The highest BCUT2D eigenvalue weighted by Gasteiger charge is 2.32. The molecular formula is C21H18F3N3. The predicted molar refractivity (Wildman–Crippen MR) is 98.1 cm³/mol. The Bertz CT molecular complexity index is 1040. The molecule has 3 heterocycles. The molecule has 0 fully saturated rings. The summed E-state index contributed by atoms with van der Waals surface area (Å²) in [5, 5.41) is 0.637. The minimum absolute atomic E-state index is 0.621. The Morgan fingerprint density at radius 1 is 1.22 bits per heavy atom. The van der Waals surface area contributed by atoms with Gasteiger partial charge in [0, 0.05) is 54.6 Å². The second-order valence-corrected chi connectivity index (χ2v) is 6.59. The minimum atomic E-state index is -4.36. The maximum atomic E-state index is 13.2. The molecule has 27 heavy (non-hydrogen) atoms. The Labute approximate surface area is 155 Å². The van der Waals surface area contributed by atoms with Crippen LogP contribution in [0.1, 0.15) is 29.3 Å². The molecule has 1 aliphatic rings. The summed E-state index contributed by atoms with van der Waals surface area (Å²) in [6.45, 7) is 4.45. The Balaban J connectivity index is 1.90. The number of benzene rings is 1. The van der Waals surface area contributed by atoms with Crippen molar-refractivity contribution in [2.45, 2.75) is 26.1 Å². The molecule has 0 amide bonds. The van der Waals surface area contributed by atoms with Gasteiger partial charge in [-0.25, -0.2) is 0 Å². The zero-order valence-corrected chi connectivity index (χ0v) is 14.8. The fourth-order valence-corrected chi connectivity index (χ4v) is 3.55. The summed E-state index contributed by atoms with van der Waals surface area (Å²) in [5.41, 5.74) is 2.83. The second-order valence-electron chi connectivity index (χ2n) is 6.59. The van der Waals surface area contributed by atoms with E-state index in [9.17, 15) is 13.2 Å². The summed E-state index contributed by atoms with van der Waals surface area (Å²) in [6.07, 6.45) is -0.244. The largest absolute Gasteiger partial charge is 0.416 e. The molecular weight excluding hydrogens is 351 g/mol. The van der Waals surface area contributed by atoms with Gasteiger partial charge in [-0.1, -0.05) is 6.92 Å². The van der Waals surface area contributed by atoms with Crippen molar-refractivity contribution in [2.24, 2.45) is 0 Å². The van der Waals surface area contributed by atoms with E-state index in [1.165, 1.54) is 12.1 Å². The van der Waals surface area contributed by atoms with E-state index in [2.05, 4.69) is 28.8 Å². The Hall–Kier alpha value is -2.78. The van der Waals surface area contributed by atoms with Gasteiger partial charge in [-0.05, 0) is 48.4 Å². The van der Waals surface area contributed by atoms with Crippen molar-refractivity contribution in [1.29, 1.82) is 0 Å². The van der Waals surface area contributed by atoms with Gasteiger partial charge in [0.2, 0.25) is 0 Å². The highest BCUT2D eigenvalue weighted by Crippen LogP contribution is 2.36. The first-order chi connectivity index (χ1) is 13.0. The SMILES string of the molecule is CCN1CCc2c(c3cc(C(F)(F)F)ccc3n2C#Cc2cccnc2)C1. The number of hydrogen-bond donors (Lipinski definition) is 0. The van der Waals surface area contributed by atoms with Gasteiger partial charge >= 0.3 is 6.18 Å². The van der Waals surface area contributed by atoms with Crippen LogP contribution in [0.25, 0.3) is 10.9 Å². The molecule has 0 radical (unpaired) electrons. The summed E-state index contributed by atoms with van der Waals surface area (Å²) in [5.74, 6) is 3.07. The van der Waals surface area contributed by atoms with E-state index in [4.69, 9.17) is 0 Å². The van der Waals surface area contributed by atoms with E-state index in [0.717, 1.165) is 47.9 Å². The molecule has 3 nitrogen and oxygen atoms in total. The van der Waals surface area contributed by atoms with Crippen LogP contribution in [0, 0.1) is 12.0 Å². The number of nitrogens with zero attached hydrogens (tertiary/aromatic N) is 3. The van der Waals surface area contributed by atoms with Gasteiger partial charge in [0.25, 0.3) is 0 Å². The molecule has 0 unspecified atom stereocenters. The molecule has 0 saturated carbocycles. The predicted octanol–water partition coefficient (Wildman–Crippen LogP) is 4.29. The quantitative estimate of drug-likeness (QED) is 0.597. The maximum absolute atomic E-state index is 13.2. The fourth-order valence-electron chi connectivity index (χ4n) is 3.55. The van der Waals surface area contributed by atoms with E-state index < -0.39 is 11.7 Å². The number of halogens is 3. The first-order valence-corrected chi connectivity index (χ1v) is 8.85. The average molecular weight is 369 g/mol. The van der Waals surface area contributed by atoms with Crippen LogP contribution in [0.3, 0.4) is 0 Å². The summed E-state index contributed by atoms with van der Waals surface area (Å²) in [6, 6.07) is 10.7. The maximum Gasteiger partial charge on any atom is 0.416 e. The summed E-state index contributed by atoms with van der Waals surface area (Å²) in [7, 11) is 0. The molecule has 0 bridgehead atoms. The molecule has 0 atom stereocenters. The van der Waals surface area contributed by atoms with Crippen LogP contribution in [-0.2, 0) is 19.1 Å². The van der Waals surface area contributed by atoms with E-state index in [0.29, 0.717) is 11.9 Å². The second kappa shape index (κ2) is 6.75. The molecule has 2 aromatic heterocycles. The van der Waals surface area contributed by atoms with Gasteiger partial charge in [-0.15, -0.1) is 0 Å². The van der Waals surface area contributed by atoms with Crippen LogP contribution < -0.4 is 0 Å². The van der Waals surface area contributed by atoms with Crippen LogP contribution in [-0.4, -0.2) is 27.5 Å². The van der Waals surface area contributed by atoms with Crippen molar-refractivity contribution < 1.29 is 13.2 Å². The van der Waals surface area contributed by atoms with Gasteiger partial charge in [0.1, 0.15) is 0 Å². The van der Waals surface area contributed by atoms with Gasteiger partial charge in [-0.3, -0.25) is 14.5 Å². The van der Waals surface area contributed by atoms with Crippen molar-refractivity contribution in [3.8, 4) is 12.0 Å². The van der Waals surface area contributed by atoms with Crippen LogP contribution in [0.15, 0.2) is 42.7 Å². The number of alkyl halides is 3. The molecule has 0 spiro atoms. The van der Waals surface area contributed by atoms with Crippen LogP contribution >= 0.6 is 0 Å². The van der Waals surface area contributed by atoms with Gasteiger partial charge in [0.05, 0.1) is 11.1 Å². The molecule has 0 saturated heterocycles. The van der Waals surface area contributed by atoms with E-state index in [-0.39, 0.29) is 0 Å². The third kappa shape index (κ3) is 3.31. The number of likely N-dealkylation sites (N-methyl/N-ethyl adjacent to an activating group) is 1. The normalized spacial score (nSPS) is 14.7. The van der Waals surface area contributed by atoms with Crippen molar-refractivity contribution in [3.05, 3.63) is 65.1 Å². The lowest BCUT2D eigenvalue weighted by atomic mass is 10.0. The molecule has 4 rings (SSSR count). The molecule has 0 N–H and O–H groups in total. The summed E-state index contributed by atoms with van der Waals surface area (Å²) in [4.78, 5) is 6.29. The van der Waals surface area contributed by atoms with Crippen molar-refractivity contribution in [1.82, 2.24) is 14.5 Å². The van der Waals surface area contributed by atoms with E-state index >= 15 is 0 Å². The molecule has 6 heteroatoms. The van der Waals surface area contributed by atoms with Gasteiger partial charge in [0.15, 0.2) is 0 Å². The average Bonchev–Trinajstić information content (AvgIpc) is 2.98. The number of rotatable bonds is 1. The number of pyridine rings is 1. The standard InChI is InChI=1S/C21H18F3N3/c1-2-26-10-8-20-18(14-26)17-12-16(21(22,23)24)5-6-19(17)27(20)11-7-15-4-3-9-25-13-15/h3-6,9,12-13H,2,8,10,14H2,1H3. The zero-order chi connectivity index (χ0) is 19.0. The van der Waals surface area contributed by atoms with Crippen molar-refractivity contribution in [3.63, 3.8) is 0 Å². The lowest BCUT2D eigenvalue weighted by molar-refractivity contribution is -0.137. The van der Waals surface area contributed by atoms with Crippen molar-refractivity contribution >= 4 is 10.9 Å². The number of aromatic nitrogens is 2. The molecule has 1 aliphatic heterocycles. The highest BCUT2D eigenvalue weighted by atomic mass is 19.4. The first-order valence-electron chi connectivity index (χ1n) is 8.85. The van der Waals surface area contributed by atoms with E-state index in [1.54, 1.807) is 12.4 Å². The Morgan fingerprint density at radius 3 is 2.78 bits per heavy atom. The smallest absolute Gasteiger partial charge is 0.299 e. The topological polar surface area (TPSA) is 21.1 Å². The van der Waals surface area contributed by atoms with Gasteiger partial charge in [-0.2, -0.15) is 13.2 Å². The first kappa shape index (κ1) is 17.6. The molecule has 0 aliphatic carbocycles. The lowest BCUT2D eigenvalue weighted by Gasteiger charge is -2.26. The van der Waals surface area contributed by atoms with Crippen LogP contribution in [0.4, 0.5) is 13.2 Å². The van der Waals surface area contributed by atoms with E-state index in [1.807, 2.05) is 16.7 Å². The number of hydrogen-bond acceptors (Lipinski definition) is 2. The third-order valence-corrected chi connectivity index (χ3v) is 4.98. The fraction of sp³-hybridized carbons (Fsp3) is 0.286. The Kier molecular flexibility index (Phi) is 4.40. The van der Waals surface area contributed by atoms with Crippen LogP contribution in [0.5, 0.6) is 0 Å². The lowest BCUT2D eigenvalue weighted by Crippen LogP contribution is -2.30. The Morgan fingerprint density at radius 2 is 2.07 bits per heavy atom. The zero-order valence-electron chi connectivity index (χ0n) is 14.8. The molecule has 138 valence electrons. The van der Waals surface area contributed by atoms with Crippen LogP contribution in [0.2, 0.25) is 0 Å². The summed E-state index contributed by atoms with van der Waals surface area (Å²) < 4.78 is 41.5. The van der Waals surface area contributed by atoms with Gasteiger partial charge < -0.3 is 0 Å². The van der Waals surface area contributed by atoms with Crippen molar-refractivity contribution in [2.75, 3.05) is 13.1 Å². The minimum Gasteiger partial charge on any atom is -0.299 e. The highest BCUT2D eigenvalue weighted by molar-refractivity contribution is 5.87. The summed E-state index contributed by atoms with van der Waals surface area (Å²) >= 11 is 0.